The van der Waals surface area contributed by atoms with Gasteiger partial charge in [-0.05, 0) is 49.2 Å². The molecule has 0 saturated heterocycles. The van der Waals surface area contributed by atoms with E-state index >= 15 is 0 Å². The van der Waals surface area contributed by atoms with Crippen molar-refractivity contribution in [1.82, 2.24) is 5.43 Å². The average Bonchev–Trinajstić information content (AvgIpc) is 2.70. The molecule has 0 spiro atoms. The Balaban J connectivity index is 1.54. The van der Waals surface area contributed by atoms with Gasteiger partial charge in [0.25, 0.3) is 5.91 Å². The molecule has 1 aliphatic rings. The van der Waals surface area contributed by atoms with E-state index < -0.39 is 0 Å². The molecule has 2 amide bonds. The van der Waals surface area contributed by atoms with E-state index in [1.807, 2.05) is 0 Å². The largest absolute Gasteiger partial charge is 0.507 e. The molecule has 0 atom stereocenters. The van der Waals surface area contributed by atoms with Crippen LogP contribution in [0.25, 0.3) is 0 Å². The summed E-state index contributed by atoms with van der Waals surface area (Å²) in [6.45, 7) is 0. The molecule has 3 rings (SSSR count). The van der Waals surface area contributed by atoms with Crippen molar-refractivity contribution in [3.05, 3.63) is 59.7 Å². The van der Waals surface area contributed by atoms with Crippen molar-refractivity contribution in [3.8, 4) is 5.75 Å². The summed E-state index contributed by atoms with van der Waals surface area (Å²) in [6.07, 6.45) is 6.70. The minimum Gasteiger partial charge on any atom is -0.507 e. The van der Waals surface area contributed by atoms with E-state index in [1.54, 1.807) is 48.5 Å². The number of hydrogen-bond donors (Lipinski definition) is 3. The summed E-state index contributed by atoms with van der Waals surface area (Å²) in [5.74, 6) is -0.134. The Morgan fingerprint density at radius 1 is 1.00 bits per heavy atom. The van der Waals surface area contributed by atoms with Crippen molar-refractivity contribution in [1.29, 1.82) is 0 Å². The van der Waals surface area contributed by atoms with Gasteiger partial charge in [-0.25, -0.2) is 5.43 Å². The molecule has 0 bridgehead atoms. The summed E-state index contributed by atoms with van der Waals surface area (Å²) in [5.41, 5.74) is 4.04. The van der Waals surface area contributed by atoms with Gasteiger partial charge in [-0.1, -0.05) is 31.4 Å². The van der Waals surface area contributed by atoms with Gasteiger partial charge in [0.1, 0.15) is 5.75 Å². The molecule has 0 radical (unpaired) electrons. The van der Waals surface area contributed by atoms with E-state index in [4.69, 9.17) is 0 Å². The van der Waals surface area contributed by atoms with E-state index in [0.717, 1.165) is 25.7 Å². The Hall–Kier alpha value is -3.15. The summed E-state index contributed by atoms with van der Waals surface area (Å²) in [7, 11) is 0. The number of carbonyl (C=O) groups excluding carboxylic acids is 2. The van der Waals surface area contributed by atoms with Gasteiger partial charge in [0, 0.05) is 22.7 Å². The van der Waals surface area contributed by atoms with Crippen LogP contribution in [-0.4, -0.2) is 23.1 Å². The third kappa shape index (κ3) is 5.17. The zero-order chi connectivity index (χ0) is 19.1. The van der Waals surface area contributed by atoms with E-state index in [0.29, 0.717) is 16.8 Å². The number of hydrogen-bond acceptors (Lipinski definition) is 4. The SMILES string of the molecule is O=C(NN=Cc1ccccc1O)c1ccc(NC(=O)C2CCCCC2)cc1. The fraction of sp³-hybridized carbons (Fsp3) is 0.286. The van der Waals surface area contributed by atoms with Crippen LogP contribution in [0.5, 0.6) is 5.75 Å². The number of benzene rings is 2. The molecule has 6 heteroatoms. The molecule has 0 unspecified atom stereocenters. The van der Waals surface area contributed by atoms with E-state index in [9.17, 15) is 14.7 Å². The van der Waals surface area contributed by atoms with Gasteiger partial charge in [0.05, 0.1) is 6.21 Å². The van der Waals surface area contributed by atoms with Crippen molar-refractivity contribution < 1.29 is 14.7 Å². The second-order valence-corrected chi connectivity index (χ2v) is 6.66. The maximum atomic E-state index is 12.3. The Kier molecular flexibility index (Phi) is 6.20. The molecular formula is C21H23N3O3. The van der Waals surface area contributed by atoms with Crippen LogP contribution in [0.15, 0.2) is 53.6 Å². The molecule has 3 N–H and O–H groups in total. The van der Waals surface area contributed by atoms with Crippen LogP contribution in [0.2, 0.25) is 0 Å². The molecular weight excluding hydrogens is 342 g/mol. The van der Waals surface area contributed by atoms with Crippen LogP contribution < -0.4 is 10.7 Å². The van der Waals surface area contributed by atoms with E-state index in [2.05, 4.69) is 15.8 Å². The molecule has 1 fully saturated rings. The molecule has 0 heterocycles. The maximum Gasteiger partial charge on any atom is 0.271 e. The van der Waals surface area contributed by atoms with Crippen LogP contribution >= 0.6 is 0 Å². The number of phenols is 1. The van der Waals surface area contributed by atoms with Gasteiger partial charge in [0.15, 0.2) is 0 Å². The minimum absolute atomic E-state index is 0.0548. The molecule has 2 aromatic carbocycles. The van der Waals surface area contributed by atoms with Gasteiger partial charge < -0.3 is 10.4 Å². The lowest BCUT2D eigenvalue weighted by molar-refractivity contribution is -0.120. The number of amides is 2. The monoisotopic (exact) mass is 365 g/mol. The first-order valence-electron chi connectivity index (χ1n) is 9.16. The van der Waals surface area contributed by atoms with Crippen molar-refractivity contribution in [2.24, 2.45) is 11.0 Å². The first-order chi connectivity index (χ1) is 13.1. The second-order valence-electron chi connectivity index (χ2n) is 6.66. The van der Waals surface area contributed by atoms with E-state index in [-0.39, 0.29) is 23.5 Å². The molecule has 140 valence electrons. The van der Waals surface area contributed by atoms with Crippen LogP contribution in [0.4, 0.5) is 5.69 Å². The number of rotatable bonds is 5. The molecule has 1 aliphatic carbocycles. The topological polar surface area (TPSA) is 90.8 Å². The van der Waals surface area contributed by atoms with Crippen molar-refractivity contribution in [2.45, 2.75) is 32.1 Å². The van der Waals surface area contributed by atoms with Gasteiger partial charge in [0.2, 0.25) is 5.91 Å². The summed E-state index contributed by atoms with van der Waals surface area (Å²) < 4.78 is 0. The zero-order valence-electron chi connectivity index (χ0n) is 15.0. The van der Waals surface area contributed by atoms with Crippen molar-refractivity contribution >= 4 is 23.7 Å². The molecule has 2 aromatic rings. The lowest BCUT2D eigenvalue weighted by atomic mass is 9.88. The normalized spacial score (nSPS) is 14.8. The smallest absolute Gasteiger partial charge is 0.271 e. The third-order valence-corrected chi connectivity index (χ3v) is 4.70. The number of nitrogens with zero attached hydrogens (tertiary/aromatic N) is 1. The van der Waals surface area contributed by atoms with E-state index in [1.165, 1.54) is 12.6 Å². The predicted molar refractivity (Wildman–Crippen MR) is 105 cm³/mol. The highest BCUT2D eigenvalue weighted by atomic mass is 16.3. The average molecular weight is 365 g/mol. The number of anilines is 1. The summed E-state index contributed by atoms with van der Waals surface area (Å²) in [4.78, 5) is 24.4. The Labute approximate surface area is 158 Å². The van der Waals surface area contributed by atoms with Crippen LogP contribution in [0.3, 0.4) is 0 Å². The number of carbonyl (C=O) groups is 2. The second kappa shape index (κ2) is 8.98. The molecule has 0 aliphatic heterocycles. The number of nitrogens with one attached hydrogen (secondary N) is 2. The number of hydrazone groups is 1. The summed E-state index contributed by atoms with van der Waals surface area (Å²) in [6, 6.07) is 13.4. The highest BCUT2D eigenvalue weighted by molar-refractivity contribution is 5.96. The number of aromatic hydroxyl groups is 1. The third-order valence-electron chi connectivity index (χ3n) is 4.70. The highest BCUT2D eigenvalue weighted by Gasteiger charge is 2.21. The highest BCUT2D eigenvalue weighted by Crippen LogP contribution is 2.25. The minimum atomic E-state index is -0.369. The van der Waals surface area contributed by atoms with Gasteiger partial charge in [-0.15, -0.1) is 0 Å². The zero-order valence-corrected chi connectivity index (χ0v) is 15.0. The fourth-order valence-corrected chi connectivity index (χ4v) is 3.14. The first-order valence-corrected chi connectivity index (χ1v) is 9.16. The van der Waals surface area contributed by atoms with Crippen LogP contribution in [0, 0.1) is 5.92 Å². The Morgan fingerprint density at radius 3 is 2.41 bits per heavy atom. The lowest BCUT2D eigenvalue weighted by Gasteiger charge is -2.20. The van der Waals surface area contributed by atoms with Crippen LogP contribution in [-0.2, 0) is 4.79 Å². The van der Waals surface area contributed by atoms with Gasteiger partial charge in [-0.3, -0.25) is 9.59 Å². The quantitative estimate of drug-likeness (QED) is 0.558. The molecule has 0 aromatic heterocycles. The first kappa shape index (κ1) is 18.6. The summed E-state index contributed by atoms with van der Waals surface area (Å²) >= 11 is 0. The fourth-order valence-electron chi connectivity index (χ4n) is 3.14. The molecule has 27 heavy (non-hydrogen) atoms. The van der Waals surface area contributed by atoms with Gasteiger partial charge >= 0.3 is 0 Å². The van der Waals surface area contributed by atoms with Crippen LogP contribution in [0.1, 0.15) is 48.0 Å². The molecule has 1 saturated carbocycles. The Morgan fingerprint density at radius 2 is 1.70 bits per heavy atom. The molecule has 6 nitrogen and oxygen atoms in total. The summed E-state index contributed by atoms with van der Waals surface area (Å²) in [5, 5.41) is 16.4. The number of phenolic OH excluding ortho intramolecular Hbond substituents is 1. The Bertz CT molecular complexity index is 825. The lowest BCUT2D eigenvalue weighted by Crippen LogP contribution is -2.24. The predicted octanol–water partition coefficient (Wildman–Crippen LogP) is 3.67. The van der Waals surface area contributed by atoms with Crippen molar-refractivity contribution in [2.75, 3.05) is 5.32 Å². The van der Waals surface area contributed by atoms with Crippen molar-refractivity contribution in [3.63, 3.8) is 0 Å². The number of para-hydroxylation sites is 1. The maximum absolute atomic E-state index is 12.3. The van der Waals surface area contributed by atoms with Gasteiger partial charge in [-0.2, -0.15) is 5.10 Å². The standard InChI is InChI=1S/C21H23N3O3/c25-19-9-5-4-8-17(19)14-22-24-21(27)16-10-12-18(13-11-16)23-20(26)15-6-2-1-3-7-15/h4-5,8-15,25H,1-3,6-7H2,(H,23,26)(H,24,27).